The van der Waals surface area contributed by atoms with Crippen LogP contribution in [-0.4, -0.2) is 46.1 Å². The summed E-state index contributed by atoms with van der Waals surface area (Å²) in [7, 11) is 0. The summed E-state index contributed by atoms with van der Waals surface area (Å²) < 4.78 is 117. The number of aliphatic carboxylic acids is 1. The third-order valence-corrected chi connectivity index (χ3v) is 8.78. The highest BCUT2D eigenvalue weighted by molar-refractivity contribution is 5.82. The molecule has 0 radical (unpaired) electrons. The van der Waals surface area contributed by atoms with Crippen LogP contribution in [0.5, 0.6) is 0 Å². The molecule has 2 N–H and O–H groups in total. The van der Waals surface area contributed by atoms with E-state index in [1.54, 1.807) is 19.9 Å². The van der Waals surface area contributed by atoms with Gasteiger partial charge in [0.15, 0.2) is 0 Å². The zero-order valence-corrected chi connectivity index (χ0v) is 27.7. The number of carbonyl (C=O) groups excluding carboxylic acids is 1. The highest BCUT2D eigenvalue weighted by atomic mass is 19.4. The Hall–Kier alpha value is -4.27. The third-order valence-electron chi connectivity index (χ3n) is 8.78. The smallest absolute Gasteiger partial charge is 0.419 e. The van der Waals surface area contributed by atoms with Gasteiger partial charge in [-0.15, -0.1) is 0 Å². The first-order chi connectivity index (χ1) is 23.2. The summed E-state index contributed by atoms with van der Waals surface area (Å²) in [6.07, 6.45) is -10.1. The van der Waals surface area contributed by atoms with Gasteiger partial charge in [-0.3, -0.25) is 14.4 Å². The number of hydrogen-bond donors (Lipinski definition) is 2. The number of aryl methyl sites for hydroxylation is 2. The van der Waals surface area contributed by atoms with Gasteiger partial charge in [-0.2, -0.15) is 26.3 Å². The van der Waals surface area contributed by atoms with E-state index >= 15 is 8.78 Å². The number of carboxylic acids is 1. The molecule has 3 aromatic rings. The van der Waals surface area contributed by atoms with Crippen LogP contribution in [0.15, 0.2) is 41.3 Å². The molecule has 4 rings (SSSR count). The molecule has 1 aliphatic rings. The fourth-order valence-electron chi connectivity index (χ4n) is 6.23. The lowest BCUT2D eigenvalue weighted by Gasteiger charge is -2.31. The van der Waals surface area contributed by atoms with E-state index in [0.29, 0.717) is 30.3 Å². The molecule has 0 spiro atoms. The first-order valence-corrected chi connectivity index (χ1v) is 15.9. The van der Waals surface area contributed by atoms with Crippen molar-refractivity contribution in [1.82, 2.24) is 14.8 Å². The summed E-state index contributed by atoms with van der Waals surface area (Å²) >= 11 is 0. The number of halogens is 8. The Morgan fingerprint density at radius 1 is 0.940 bits per heavy atom. The lowest BCUT2D eigenvalue weighted by atomic mass is 9.89. The molecule has 1 amide bonds. The number of carbonyl (C=O) groups is 2. The molecule has 0 bridgehead atoms. The molecule has 1 saturated heterocycles. The second-order valence-electron chi connectivity index (χ2n) is 13.0. The number of amides is 1. The summed E-state index contributed by atoms with van der Waals surface area (Å²) in [5, 5.41) is 11.8. The number of benzene rings is 2. The van der Waals surface area contributed by atoms with Crippen LogP contribution in [0.25, 0.3) is 11.1 Å². The number of aromatic nitrogens is 1. The average molecular weight is 716 g/mol. The minimum absolute atomic E-state index is 0.00287. The number of carboxylic acid groups (broad SMARTS) is 1. The van der Waals surface area contributed by atoms with E-state index < -0.39 is 88.1 Å². The quantitative estimate of drug-likeness (QED) is 0.189. The predicted octanol–water partition coefficient (Wildman–Crippen LogP) is 7.62. The van der Waals surface area contributed by atoms with Crippen molar-refractivity contribution in [2.24, 2.45) is 5.92 Å². The van der Waals surface area contributed by atoms with Gasteiger partial charge < -0.3 is 19.9 Å². The summed E-state index contributed by atoms with van der Waals surface area (Å²) in [4.78, 5) is 40.9. The molecule has 1 fully saturated rings. The van der Waals surface area contributed by atoms with Crippen molar-refractivity contribution in [3.05, 3.63) is 91.9 Å². The molecule has 2 atom stereocenters. The first kappa shape index (κ1) is 38.5. The zero-order valence-electron chi connectivity index (χ0n) is 27.7. The molecule has 0 saturated carbocycles. The Morgan fingerprint density at radius 3 is 2.04 bits per heavy atom. The molecule has 2 heterocycles. The van der Waals surface area contributed by atoms with Crippen molar-refractivity contribution in [2.75, 3.05) is 19.6 Å². The van der Waals surface area contributed by atoms with Crippen molar-refractivity contribution in [2.45, 2.75) is 77.8 Å². The van der Waals surface area contributed by atoms with Crippen molar-refractivity contribution < 1.29 is 49.8 Å². The van der Waals surface area contributed by atoms with Gasteiger partial charge in [-0.25, -0.2) is 8.78 Å². The van der Waals surface area contributed by atoms with Crippen LogP contribution < -0.4 is 10.9 Å². The summed E-state index contributed by atoms with van der Waals surface area (Å²) in [6, 6.07) is 1.34. The Labute approximate surface area is 282 Å². The lowest BCUT2D eigenvalue weighted by Crippen LogP contribution is -2.41. The van der Waals surface area contributed by atoms with Crippen LogP contribution >= 0.6 is 0 Å². The molecule has 272 valence electrons. The van der Waals surface area contributed by atoms with E-state index in [4.69, 9.17) is 0 Å². The number of hydrogen-bond acceptors (Lipinski definition) is 4. The molecule has 1 aliphatic heterocycles. The maximum Gasteiger partial charge on any atom is 0.419 e. The van der Waals surface area contributed by atoms with Crippen LogP contribution in [0, 0.1) is 31.4 Å². The van der Waals surface area contributed by atoms with Crippen molar-refractivity contribution in [1.29, 1.82) is 0 Å². The maximum atomic E-state index is 16.4. The van der Waals surface area contributed by atoms with Crippen LogP contribution in [-0.2, 0) is 28.4 Å². The third kappa shape index (κ3) is 8.53. The van der Waals surface area contributed by atoms with E-state index in [2.05, 4.69) is 5.32 Å². The Kier molecular flexibility index (Phi) is 11.5. The molecular formula is C35H37F8N3O4. The Balaban J connectivity index is 1.87. The number of alkyl halides is 6. The van der Waals surface area contributed by atoms with Crippen molar-refractivity contribution in [3.8, 4) is 11.1 Å². The summed E-state index contributed by atoms with van der Waals surface area (Å²) in [5.74, 6) is -7.05. The van der Waals surface area contributed by atoms with Gasteiger partial charge in [0.2, 0.25) is 5.91 Å². The highest BCUT2D eigenvalue weighted by Crippen LogP contribution is 2.42. The fraction of sp³-hybridized carbons (Fsp3) is 0.457. The van der Waals surface area contributed by atoms with E-state index in [1.807, 2.05) is 4.90 Å². The zero-order chi connectivity index (χ0) is 37.3. The van der Waals surface area contributed by atoms with Gasteiger partial charge in [0.05, 0.1) is 23.6 Å². The van der Waals surface area contributed by atoms with E-state index in [0.717, 1.165) is 17.2 Å². The first-order valence-electron chi connectivity index (χ1n) is 15.9. The maximum absolute atomic E-state index is 16.4. The van der Waals surface area contributed by atoms with Crippen LogP contribution in [0.1, 0.15) is 78.6 Å². The van der Waals surface area contributed by atoms with Crippen LogP contribution in [0.4, 0.5) is 35.1 Å². The van der Waals surface area contributed by atoms with Gasteiger partial charge >= 0.3 is 18.3 Å². The molecule has 0 aliphatic carbocycles. The van der Waals surface area contributed by atoms with Crippen LogP contribution in [0.2, 0.25) is 0 Å². The summed E-state index contributed by atoms with van der Waals surface area (Å²) in [5.41, 5.74) is -6.01. The van der Waals surface area contributed by atoms with Gasteiger partial charge in [0.1, 0.15) is 17.7 Å². The topological polar surface area (TPSA) is 91.6 Å². The molecule has 1 aromatic heterocycles. The predicted molar refractivity (Wildman–Crippen MR) is 168 cm³/mol. The molecule has 15 heteroatoms. The van der Waals surface area contributed by atoms with Gasteiger partial charge in [0, 0.05) is 29.9 Å². The monoisotopic (exact) mass is 715 g/mol. The van der Waals surface area contributed by atoms with Crippen LogP contribution in [0.3, 0.4) is 0 Å². The second-order valence-corrected chi connectivity index (χ2v) is 13.0. The van der Waals surface area contributed by atoms with Crippen molar-refractivity contribution in [3.63, 3.8) is 0 Å². The largest absolute Gasteiger partial charge is 0.481 e. The fourth-order valence-corrected chi connectivity index (χ4v) is 6.23. The van der Waals surface area contributed by atoms with Crippen molar-refractivity contribution >= 4 is 11.9 Å². The van der Waals surface area contributed by atoms with Gasteiger partial charge in [0.25, 0.3) is 5.56 Å². The number of pyridine rings is 1. The average Bonchev–Trinajstić information content (AvgIpc) is 2.95. The number of likely N-dealkylation sites (tertiary alicyclic amines) is 1. The minimum atomic E-state index is -5.37. The van der Waals surface area contributed by atoms with Gasteiger partial charge in [-0.05, 0) is 80.4 Å². The Bertz CT molecular complexity index is 1790. The number of rotatable bonds is 12. The highest BCUT2D eigenvalue weighted by Gasteiger charge is 2.41. The normalized spacial score (nSPS) is 15.1. The minimum Gasteiger partial charge on any atom is -0.481 e. The number of nitrogens with zero attached hydrogens (tertiary/aromatic N) is 2. The SMILES string of the molecule is Cc1cccc(C)c1-c1cc(C(F)(F)F)c(F)c(C(CC(=O)O)NC(=O)C(CC(C)C)n2cc(CCN3CCC3)c(C(F)(F)F)cc2=O)c1F. The second kappa shape index (κ2) is 14.9. The number of nitrogens with one attached hydrogen (secondary N) is 1. The molecular weight excluding hydrogens is 678 g/mol. The molecule has 7 nitrogen and oxygen atoms in total. The molecule has 2 aromatic carbocycles. The van der Waals surface area contributed by atoms with Gasteiger partial charge in [-0.1, -0.05) is 32.0 Å². The molecule has 2 unspecified atom stereocenters. The lowest BCUT2D eigenvalue weighted by molar-refractivity contribution is -0.140. The van der Waals surface area contributed by atoms with E-state index in [9.17, 15) is 45.8 Å². The molecule has 50 heavy (non-hydrogen) atoms. The Morgan fingerprint density at radius 2 is 1.54 bits per heavy atom. The standard InChI is InChI=1S/C35H37F8N3O4/c1-18(2)13-26(46-17-21(9-12-45-10-6-11-45)23(15-27(46)47)34(38,39)40)33(50)44-25(16-28(48)49)30-31(36)22(14-24(32(30)37)35(41,42)43)29-19(3)7-5-8-20(29)4/h5,7-8,14-15,17-18,25-26H,6,9-13,16H2,1-4H3,(H,44,50)(H,48,49). The summed E-state index contributed by atoms with van der Waals surface area (Å²) in [6.45, 7) is 7.82. The van der Waals surface area contributed by atoms with E-state index in [1.165, 1.54) is 26.0 Å². The van der Waals surface area contributed by atoms with E-state index in [-0.39, 0.29) is 36.6 Å².